The number of carbonyl (C=O) groups is 2. The third kappa shape index (κ3) is 2.30. The number of esters is 1. The van der Waals surface area contributed by atoms with Crippen molar-refractivity contribution in [3.05, 3.63) is 57.3 Å². The fourth-order valence-electron chi connectivity index (χ4n) is 1.58. The number of methoxy groups -OCH3 is 1. The number of aromatic nitrogens is 2. The Kier molecular flexibility index (Phi) is 3.28. The van der Waals surface area contributed by atoms with Gasteiger partial charge in [0.25, 0.3) is 5.56 Å². The van der Waals surface area contributed by atoms with Crippen molar-refractivity contribution in [1.82, 2.24) is 10.2 Å². The number of carbonyl (C=O) groups excluding carboxylic acids is 2. The Morgan fingerprint density at radius 2 is 1.79 bits per heavy atom. The number of nitrogens with one attached hydrogen (secondary N) is 2. The van der Waals surface area contributed by atoms with Gasteiger partial charge in [-0.05, 0) is 24.3 Å². The molecule has 0 aliphatic rings. The van der Waals surface area contributed by atoms with E-state index in [1.165, 1.54) is 12.1 Å². The summed E-state index contributed by atoms with van der Waals surface area (Å²) in [5, 5.41) is 4.42. The molecule has 6 nitrogen and oxygen atoms in total. The number of rotatable bonds is 3. The molecule has 1 heterocycles. The average Bonchev–Trinajstić information content (AvgIpc) is 2.80. The van der Waals surface area contributed by atoms with Gasteiger partial charge in [-0.15, -0.1) is 0 Å². The minimum atomic E-state index is -0.844. The molecule has 0 radical (unpaired) electrons. The summed E-state index contributed by atoms with van der Waals surface area (Å²) < 4.78 is 17.2. The lowest BCUT2D eigenvalue weighted by molar-refractivity contribution is 0.0591. The first kappa shape index (κ1) is 12.7. The molecule has 2 N–H and O–H groups in total. The lowest BCUT2D eigenvalue weighted by Crippen LogP contribution is -2.17. The predicted molar refractivity (Wildman–Crippen MR) is 62.6 cm³/mol. The SMILES string of the molecule is COC(=O)c1[nH][nH]c(=O)c1C(=O)c1ccc(F)cc1. The Balaban J connectivity index is 2.50. The van der Waals surface area contributed by atoms with Gasteiger partial charge >= 0.3 is 5.97 Å². The largest absolute Gasteiger partial charge is 0.464 e. The molecule has 0 saturated heterocycles. The number of aromatic amines is 2. The zero-order valence-corrected chi connectivity index (χ0v) is 9.82. The second kappa shape index (κ2) is 4.89. The molecular formula is C12H9FN2O4. The molecule has 0 aliphatic heterocycles. The van der Waals surface area contributed by atoms with Gasteiger partial charge in [0.2, 0.25) is 5.78 Å². The predicted octanol–water partition coefficient (Wildman–Crippen LogP) is 0.860. The molecule has 0 amide bonds. The normalized spacial score (nSPS) is 10.2. The van der Waals surface area contributed by atoms with E-state index < -0.39 is 23.1 Å². The molecule has 98 valence electrons. The maximum atomic E-state index is 12.8. The van der Waals surface area contributed by atoms with Gasteiger partial charge in [0.05, 0.1) is 7.11 Å². The van der Waals surface area contributed by atoms with Gasteiger partial charge in [-0.1, -0.05) is 0 Å². The van der Waals surface area contributed by atoms with Crippen LogP contribution < -0.4 is 5.56 Å². The van der Waals surface area contributed by atoms with Crippen molar-refractivity contribution < 1.29 is 18.7 Å². The minimum absolute atomic E-state index is 0.0941. The molecule has 0 spiro atoms. The summed E-state index contributed by atoms with van der Waals surface area (Å²) in [6.45, 7) is 0. The van der Waals surface area contributed by atoms with Crippen molar-refractivity contribution in [1.29, 1.82) is 0 Å². The fraction of sp³-hybridized carbons (Fsp3) is 0.0833. The molecule has 0 unspecified atom stereocenters. The van der Waals surface area contributed by atoms with E-state index in [0.717, 1.165) is 19.2 Å². The third-order valence-electron chi connectivity index (χ3n) is 2.50. The molecule has 19 heavy (non-hydrogen) atoms. The molecule has 2 aromatic rings. The van der Waals surface area contributed by atoms with Crippen molar-refractivity contribution in [2.75, 3.05) is 7.11 Å². The summed E-state index contributed by atoms with van der Waals surface area (Å²) in [6, 6.07) is 4.63. The Bertz CT molecular complexity index is 685. The van der Waals surface area contributed by atoms with Crippen LogP contribution >= 0.6 is 0 Å². The van der Waals surface area contributed by atoms with Crippen LogP contribution in [-0.4, -0.2) is 29.1 Å². The summed E-state index contributed by atoms with van der Waals surface area (Å²) in [4.78, 5) is 35.1. The van der Waals surface area contributed by atoms with E-state index in [9.17, 15) is 18.8 Å². The molecule has 1 aromatic heterocycles. The van der Waals surface area contributed by atoms with E-state index in [1.807, 2.05) is 0 Å². The van der Waals surface area contributed by atoms with Gasteiger partial charge in [0.15, 0.2) is 5.69 Å². The van der Waals surface area contributed by atoms with Crippen molar-refractivity contribution in [3.63, 3.8) is 0 Å². The second-order valence-corrected chi connectivity index (χ2v) is 3.66. The van der Waals surface area contributed by atoms with Crippen LogP contribution in [0.3, 0.4) is 0 Å². The van der Waals surface area contributed by atoms with Gasteiger partial charge in [0, 0.05) is 5.56 Å². The van der Waals surface area contributed by atoms with E-state index >= 15 is 0 Å². The molecule has 1 aromatic carbocycles. The monoisotopic (exact) mass is 264 g/mol. The molecule has 0 bridgehead atoms. The second-order valence-electron chi connectivity index (χ2n) is 3.66. The zero-order valence-electron chi connectivity index (χ0n) is 9.82. The van der Waals surface area contributed by atoms with Crippen molar-refractivity contribution in [2.24, 2.45) is 0 Å². The van der Waals surface area contributed by atoms with Gasteiger partial charge in [-0.25, -0.2) is 9.18 Å². The molecule has 2 rings (SSSR count). The highest BCUT2D eigenvalue weighted by Crippen LogP contribution is 2.11. The number of benzene rings is 1. The first-order chi connectivity index (χ1) is 9.04. The molecule has 0 saturated carbocycles. The topological polar surface area (TPSA) is 92.0 Å². The number of hydrogen-bond donors (Lipinski definition) is 2. The van der Waals surface area contributed by atoms with E-state index in [4.69, 9.17) is 0 Å². The smallest absolute Gasteiger partial charge is 0.356 e. The van der Waals surface area contributed by atoms with Crippen LogP contribution in [0.15, 0.2) is 29.1 Å². The Labute approximate surface area is 106 Å². The van der Waals surface area contributed by atoms with Crippen molar-refractivity contribution in [3.8, 4) is 0 Å². The standard InChI is InChI=1S/C12H9FN2O4/c1-19-12(18)9-8(11(17)15-14-9)10(16)6-2-4-7(13)5-3-6/h2-5H,1H3,(H2,14,15,17). The fourth-order valence-corrected chi connectivity index (χ4v) is 1.58. The lowest BCUT2D eigenvalue weighted by atomic mass is 10.0. The molecular weight excluding hydrogens is 255 g/mol. The third-order valence-corrected chi connectivity index (χ3v) is 2.50. The maximum absolute atomic E-state index is 12.8. The minimum Gasteiger partial charge on any atom is -0.464 e. The maximum Gasteiger partial charge on any atom is 0.356 e. The van der Waals surface area contributed by atoms with Crippen LogP contribution in [0, 0.1) is 5.82 Å². The highest BCUT2D eigenvalue weighted by molar-refractivity contribution is 6.13. The number of H-pyrrole nitrogens is 2. The first-order valence-electron chi connectivity index (χ1n) is 5.24. The van der Waals surface area contributed by atoms with E-state index in [0.29, 0.717) is 0 Å². The van der Waals surface area contributed by atoms with Gasteiger partial charge in [0.1, 0.15) is 11.4 Å². The van der Waals surface area contributed by atoms with Crippen molar-refractivity contribution in [2.45, 2.75) is 0 Å². The molecule has 0 fully saturated rings. The van der Waals surface area contributed by atoms with Crippen molar-refractivity contribution >= 4 is 11.8 Å². The summed E-state index contributed by atoms with van der Waals surface area (Å²) in [7, 11) is 1.12. The Morgan fingerprint density at radius 3 is 2.37 bits per heavy atom. The first-order valence-corrected chi connectivity index (χ1v) is 5.24. The summed E-state index contributed by atoms with van der Waals surface area (Å²) in [6.07, 6.45) is 0. The average molecular weight is 264 g/mol. The highest BCUT2D eigenvalue weighted by atomic mass is 19.1. The number of halogens is 1. The number of ether oxygens (including phenoxy) is 1. The van der Waals surface area contributed by atoms with Crippen LogP contribution in [0.1, 0.15) is 26.4 Å². The molecule has 0 atom stereocenters. The molecule has 0 aliphatic carbocycles. The van der Waals surface area contributed by atoms with E-state index in [-0.39, 0.29) is 16.8 Å². The van der Waals surface area contributed by atoms with Gasteiger partial charge < -0.3 is 4.74 Å². The Morgan fingerprint density at radius 1 is 1.16 bits per heavy atom. The quantitative estimate of drug-likeness (QED) is 0.635. The lowest BCUT2D eigenvalue weighted by Gasteiger charge is -2.00. The van der Waals surface area contributed by atoms with Gasteiger partial charge in [-0.3, -0.25) is 19.8 Å². The van der Waals surface area contributed by atoms with Crippen LogP contribution in [0.5, 0.6) is 0 Å². The zero-order chi connectivity index (χ0) is 14.0. The Hall–Kier alpha value is -2.70. The highest BCUT2D eigenvalue weighted by Gasteiger charge is 2.24. The van der Waals surface area contributed by atoms with Crippen LogP contribution in [0.2, 0.25) is 0 Å². The summed E-state index contributed by atoms with van der Waals surface area (Å²) >= 11 is 0. The molecule has 7 heteroatoms. The number of ketones is 1. The van der Waals surface area contributed by atoms with Crippen LogP contribution in [0.4, 0.5) is 4.39 Å². The van der Waals surface area contributed by atoms with E-state index in [1.54, 1.807) is 0 Å². The van der Waals surface area contributed by atoms with Crippen LogP contribution in [0.25, 0.3) is 0 Å². The van der Waals surface area contributed by atoms with Crippen LogP contribution in [-0.2, 0) is 4.74 Å². The van der Waals surface area contributed by atoms with E-state index in [2.05, 4.69) is 14.9 Å². The van der Waals surface area contributed by atoms with Gasteiger partial charge in [-0.2, -0.15) is 0 Å². The number of hydrogen-bond acceptors (Lipinski definition) is 4. The summed E-state index contributed by atoms with van der Waals surface area (Å²) in [5.41, 5.74) is -1.27. The summed E-state index contributed by atoms with van der Waals surface area (Å²) in [5.74, 6) is -2.04.